The number of rotatable bonds is 6. The molecule has 0 atom stereocenters. The molecule has 4 aromatic rings. The molecular weight excluding hydrogens is 816 g/mol. The molecule has 314 valence electrons. The smallest absolute Gasteiger partial charge is 0.444 e. The number of halogens is 5. The van der Waals surface area contributed by atoms with Crippen molar-refractivity contribution >= 4 is 59.6 Å². The second-order valence-electron chi connectivity index (χ2n) is 16.2. The molecule has 2 amide bonds. The molecule has 0 aliphatic carbocycles. The minimum atomic E-state index is -0.666. The van der Waals surface area contributed by atoms with Crippen molar-refractivity contribution in [3.8, 4) is 11.3 Å². The molecule has 2 N–H and O–H groups in total. The summed E-state index contributed by atoms with van der Waals surface area (Å²) < 4.78 is 48.6. The highest BCUT2D eigenvalue weighted by molar-refractivity contribution is 6.62. The van der Waals surface area contributed by atoms with Crippen molar-refractivity contribution in [2.24, 2.45) is 0 Å². The average molecular weight is 866 g/mol. The summed E-state index contributed by atoms with van der Waals surface area (Å²) >= 11 is 16.2. The van der Waals surface area contributed by atoms with Crippen molar-refractivity contribution in [3.05, 3.63) is 98.4 Å². The molecule has 0 bridgehead atoms. The van der Waals surface area contributed by atoms with Gasteiger partial charge in [-0.05, 0) is 140 Å². The van der Waals surface area contributed by atoms with Crippen LogP contribution in [-0.4, -0.2) is 61.6 Å². The zero-order valence-electron chi connectivity index (χ0n) is 34.7. The Labute approximate surface area is 354 Å². The van der Waals surface area contributed by atoms with Gasteiger partial charge in [0.15, 0.2) is 16.8 Å². The van der Waals surface area contributed by atoms with E-state index in [0.717, 1.165) is 40.1 Å². The summed E-state index contributed by atoms with van der Waals surface area (Å²) in [6.07, 6.45) is 1.05. The van der Waals surface area contributed by atoms with Gasteiger partial charge in [-0.25, -0.2) is 38.3 Å². The summed E-state index contributed by atoms with van der Waals surface area (Å²) in [5.41, 5.74) is 3.84. The number of hydrogen-bond donors (Lipinski definition) is 2. The van der Waals surface area contributed by atoms with Crippen LogP contribution in [0.1, 0.15) is 91.5 Å². The van der Waals surface area contributed by atoms with Crippen LogP contribution in [0.4, 0.5) is 18.4 Å². The van der Waals surface area contributed by atoms with Crippen molar-refractivity contribution in [1.82, 2.24) is 30.6 Å². The zero-order chi connectivity index (χ0) is 43.8. The van der Waals surface area contributed by atoms with Crippen molar-refractivity contribution in [3.63, 3.8) is 0 Å². The third kappa shape index (κ3) is 14.9. The maximum atomic E-state index is 13.8. The molecule has 0 unspecified atom stereocenters. The highest BCUT2D eigenvalue weighted by Gasteiger charge is 2.51. The van der Waals surface area contributed by atoms with Crippen molar-refractivity contribution in [1.29, 1.82) is 0 Å². The molecule has 3 heterocycles. The zero-order valence-corrected chi connectivity index (χ0v) is 37.0. The standard InChI is InChI=1S/C19H30BNO4.C17H19ClFN3O2.C4HCl2FN2/c1-13-11-15(20-24-18(5,6)19(7,8)25-20)10-9-14(13)12-21-16(22)23-17(2,3)4;1-10-7-11(14-13(19)9-20-15(18)22-14)5-6-12(10)8-21-16(23)24-17(2,3)4;5-3-2(7)1-8-4(6)9-3/h9-11H,12H2,1-8H3,(H,21,22);5-7,9H,8H2,1-4H3,(H,21,23);1H. The molecule has 12 nitrogen and oxygen atoms in total. The number of alkyl carbamates (subject to hydrolysis) is 2. The van der Waals surface area contributed by atoms with E-state index in [2.05, 4.69) is 30.6 Å². The van der Waals surface area contributed by atoms with E-state index < -0.39 is 35.0 Å². The number of amides is 2. The normalized spacial score (nSPS) is 14.3. The van der Waals surface area contributed by atoms with Crippen LogP contribution in [0.5, 0.6) is 0 Å². The molecular formula is C40H50BCl3F2N6O6. The first-order chi connectivity index (χ1) is 26.7. The van der Waals surface area contributed by atoms with Gasteiger partial charge in [0.25, 0.3) is 0 Å². The van der Waals surface area contributed by atoms with Crippen LogP contribution in [0, 0.1) is 25.5 Å². The van der Waals surface area contributed by atoms with Gasteiger partial charge < -0.3 is 29.4 Å². The fourth-order valence-electron chi connectivity index (χ4n) is 4.92. The quantitative estimate of drug-likeness (QED) is 0.109. The number of carbonyl (C=O) groups is 2. The second-order valence-corrected chi connectivity index (χ2v) is 17.3. The minimum Gasteiger partial charge on any atom is -0.444 e. The molecule has 1 fully saturated rings. The first-order valence-corrected chi connectivity index (χ1v) is 19.3. The van der Waals surface area contributed by atoms with Crippen LogP contribution in [0.2, 0.25) is 15.7 Å². The number of aromatic nitrogens is 4. The fourth-order valence-corrected chi connectivity index (χ4v) is 5.36. The lowest BCUT2D eigenvalue weighted by molar-refractivity contribution is 0.00578. The van der Waals surface area contributed by atoms with Crippen LogP contribution < -0.4 is 16.1 Å². The van der Waals surface area contributed by atoms with Gasteiger partial charge in [-0.15, -0.1) is 0 Å². The number of aryl methyl sites for hydroxylation is 2. The number of hydrogen-bond acceptors (Lipinski definition) is 10. The number of nitrogens with zero attached hydrogens (tertiary/aromatic N) is 4. The van der Waals surface area contributed by atoms with E-state index in [1.165, 1.54) is 0 Å². The van der Waals surface area contributed by atoms with Crippen LogP contribution in [0.15, 0.2) is 48.8 Å². The lowest BCUT2D eigenvalue weighted by Gasteiger charge is -2.32. The lowest BCUT2D eigenvalue weighted by atomic mass is 9.78. The fraction of sp³-hybridized carbons (Fsp3) is 0.450. The van der Waals surface area contributed by atoms with E-state index in [4.69, 9.17) is 53.6 Å². The lowest BCUT2D eigenvalue weighted by Crippen LogP contribution is -2.41. The summed E-state index contributed by atoms with van der Waals surface area (Å²) in [6, 6.07) is 11.3. The highest BCUT2D eigenvalue weighted by atomic mass is 35.5. The molecule has 18 heteroatoms. The van der Waals surface area contributed by atoms with E-state index in [-0.39, 0.29) is 39.7 Å². The summed E-state index contributed by atoms with van der Waals surface area (Å²) in [5.74, 6) is -1.21. The van der Waals surface area contributed by atoms with Crippen LogP contribution in [0.25, 0.3) is 11.3 Å². The van der Waals surface area contributed by atoms with Crippen molar-refractivity contribution < 1.29 is 37.2 Å². The number of carbonyl (C=O) groups excluding carboxylic acids is 2. The SMILES string of the molecule is Cc1cc(-c2nc(Cl)ncc2F)ccc1CNC(=O)OC(C)(C)C.Cc1cc(B2OC(C)(C)C(C)(C)O2)ccc1CNC(=O)OC(C)(C)C.Fc1cnc(Cl)nc1Cl. The Morgan fingerprint density at radius 3 is 1.60 bits per heavy atom. The van der Waals surface area contributed by atoms with Crippen molar-refractivity contribution in [2.75, 3.05) is 0 Å². The minimum absolute atomic E-state index is 0.0141. The van der Waals surface area contributed by atoms with Crippen LogP contribution in [-0.2, 0) is 31.9 Å². The summed E-state index contributed by atoms with van der Waals surface area (Å²) in [4.78, 5) is 37.7. The molecule has 1 aliphatic heterocycles. The van der Waals surface area contributed by atoms with Gasteiger partial charge in [-0.3, -0.25) is 0 Å². The third-order valence-electron chi connectivity index (χ3n) is 8.54. The van der Waals surface area contributed by atoms with Gasteiger partial charge >= 0.3 is 19.3 Å². The highest BCUT2D eigenvalue weighted by Crippen LogP contribution is 2.36. The Bertz CT molecular complexity index is 2070. The molecule has 58 heavy (non-hydrogen) atoms. The van der Waals surface area contributed by atoms with Gasteiger partial charge in [-0.1, -0.05) is 41.9 Å². The van der Waals surface area contributed by atoms with Gasteiger partial charge in [0.05, 0.1) is 23.6 Å². The largest absolute Gasteiger partial charge is 0.494 e. The summed E-state index contributed by atoms with van der Waals surface area (Å²) in [7, 11) is -0.378. The summed E-state index contributed by atoms with van der Waals surface area (Å²) in [6.45, 7) is 23.7. The molecule has 0 radical (unpaired) electrons. The Hall–Kier alpha value is -4.15. The first kappa shape index (κ1) is 48.2. The molecule has 0 saturated carbocycles. The second kappa shape index (κ2) is 19.7. The Balaban J connectivity index is 0.000000256. The Morgan fingerprint density at radius 1 is 0.724 bits per heavy atom. The van der Waals surface area contributed by atoms with Crippen molar-refractivity contribution in [2.45, 2.75) is 119 Å². The monoisotopic (exact) mass is 864 g/mol. The molecule has 0 spiro atoms. The van der Waals surface area contributed by atoms with Crippen LogP contribution >= 0.6 is 34.8 Å². The maximum Gasteiger partial charge on any atom is 0.494 e. The molecule has 5 rings (SSSR count). The molecule has 2 aromatic carbocycles. The number of benzene rings is 2. The van der Waals surface area contributed by atoms with Gasteiger partial charge in [0.1, 0.15) is 16.9 Å². The summed E-state index contributed by atoms with van der Waals surface area (Å²) in [5, 5.41) is 5.16. The topological polar surface area (TPSA) is 147 Å². The first-order valence-electron chi connectivity index (χ1n) is 18.2. The predicted molar refractivity (Wildman–Crippen MR) is 222 cm³/mol. The number of ether oxygens (including phenoxy) is 2. The van der Waals surface area contributed by atoms with E-state index in [1.54, 1.807) is 39.0 Å². The molecule has 2 aromatic heterocycles. The predicted octanol–water partition coefficient (Wildman–Crippen LogP) is 9.51. The Morgan fingerprint density at radius 2 is 1.17 bits per heavy atom. The molecule has 1 saturated heterocycles. The molecule has 1 aliphatic rings. The third-order valence-corrected chi connectivity index (χ3v) is 9.17. The number of nitrogens with one attached hydrogen (secondary N) is 2. The van der Waals surface area contributed by atoms with E-state index in [9.17, 15) is 18.4 Å². The van der Waals surface area contributed by atoms with E-state index in [0.29, 0.717) is 18.7 Å². The van der Waals surface area contributed by atoms with Crippen LogP contribution in [0.3, 0.4) is 0 Å². The Kier molecular flexibility index (Phi) is 16.4. The van der Waals surface area contributed by atoms with Gasteiger partial charge in [0, 0.05) is 18.7 Å². The van der Waals surface area contributed by atoms with E-state index in [1.807, 2.05) is 80.5 Å². The van der Waals surface area contributed by atoms with Gasteiger partial charge in [0.2, 0.25) is 10.6 Å². The van der Waals surface area contributed by atoms with Gasteiger partial charge in [-0.2, -0.15) is 0 Å². The van der Waals surface area contributed by atoms with E-state index >= 15 is 0 Å². The average Bonchev–Trinajstić information content (AvgIpc) is 3.31. The maximum absolute atomic E-state index is 13.8.